The predicted octanol–water partition coefficient (Wildman–Crippen LogP) is 7.21. The molecule has 1 rings (SSSR count). The molecule has 0 aromatic carbocycles. The van der Waals surface area contributed by atoms with E-state index in [9.17, 15) is 0 Å². The van der Waals surface area contributed by atoms with Crippen molar-refractivity contribution in [1.29, 1.82) is 0 Å². The zero-order valence-electron chi connectivity index (χ0n) is 13.0. The molecular weight excluding hydrogens is 401 g/mol. The monoisotopic (exact) mass is 427 g/mol. The summed E-state index contributed by atoms with van der Waals surface area (Å²) in [5.41, 5.74) is 0.223. The highest BCUT2D eigenvalue weighted by molar-refractivity contribution is 14.1. The van der Waals surface area contributed by atoms with Gasteiger partial charge in [-0.15, -0.1) is 11.3 Å². The summed E-state index contributed by atoms with van der Waals surface area (Å²) in [5.74, 6) is 0. The molecule has 0 spiro atoms. The molecule has 0 amide bonds. The SMILES string of the molecule is CCCCCCC(C)(CCCCC)c1nc(Cl)c(I)s1. The molecule has 1 unspecified atom stereocenters. The molecule has 1 aromatic heterocycles. The van der Waals surface area contributed by atoms with Crippen LogP contribution in [0.2, 0.25) is 5.15 Å². The minimum atomic E-state index is 0.223. The fourth-order valence-electron chi connectivity index (χ4n) is 2.59. The number of halogens is 2. The minimum absolute atomic E-state index is 0.223. The Balaban J connectivity index is 2.71. The molecule has 0 bridgehead atoms. The van der Waals surface area contributed by atoms with E-state index in [1.165, 1.54) is 62.8 Å². The van der Waals surface area contributed by atoms with Crippen molar-refractivity contribution in [2.75, 3.05) is 0 Å². The highest BCUT2D eigenvalue weighted by Gasteiger charge is 2.30. The Morgan fingerprint density at radius 2 is 1.60 bits per heavy atom. The lowest BCUT2D eigenvalue weighted by atomic mass is 9.80. The van der Waals surface area contributed by atoms with Gasteiger partial charge >= 0.3 is 0 Å². The molecule has 0 aliphatic heterocycles. The molecule has 116 valence electrons. The number of nitrogens with zero attached hydrogens (tertiary/aromatic N) is 1. The van der Waals surface area contributed by atoms with Crippen molar-refractivity contribution >= 4 is 45.5 Å². The molecule has 0 N–H and O–H groups in total. The highest BCUT2D eigenvalue weighted by atomic mass is 127. The van der Waals surface area contributed by atoms with E-state index in [0.717, 1.165) is 2.88 Å². The Kier molecular flexibility index (Phi) is 9.00. The smallest absolute Gasteiger partial charge is 0.153 e. The van der Waals surface area contributed by atoms with Crippen LogP contribution in [-0.4, -0.2) is 4.98 Å². The Bertz CT molecular complexity index is 374. The molecular formula is C16H27ClINS. The van der Waals surface area contributed by atoms with Gasteiger partial charge in [0.15, 0.2) is 5.15 Å². The van der Waals surface area contributed by atoms with E-state index in [2.05, 4.69) is 48.3 Å². The van der Waals surface area contributed by atoms with Gasteiger partial charge in [-0.3, -0.25) is 0 Å². The quantitative estimate of drug-likeness (QED) is 0.284. The number of thiazole rings is 1. The van der Waals surface area contributed by atoms with Crippen LogP contribution in [0.15, 0.2) is 0 Å². The van der Waals surface area contributed by atoms with Crippen molar-refractivity contribution < 1.29 is 0 Å². The number of unbranched alkanes of at least 4 members (excludes halogenated alkanes) is 5. The summed E-state index contributed by atoms with van der Waals surface area (Å²) in [7, 11) is 0. The normalized spacial score (nSPS) is 14.4. The Labute approximate surface area is 147 Å². The second kappa shape index (κ2) is 9.62. The lowest BCUT2D eigenvalue weighted by Gasteiger charge is -2.27. The number of rotatable bonds is 10. The summed E-state index contributed by atoms with van der Waals surface area (Å²) in [6, 6.07) is 0. The van der Waals surface area contributed by atoms with Crippen molar-refractivity contribution in [2.45, 2.75) is 84.0 Å². The van der Waals surface area contributed by atoms with E-state index < -0.39 is 0 Å². The zero-order chi connectivity index (χ0) is 15.0. The van der Waals surface area contributed by atoms with E-state index in [0.29, 0.717) is 5.15 Å². The van der Waals surface area contributed by atoms with Crippen LogP contribution < -0.4 is 0 Å². The van der Waals surface area contributed by atoms with E-state index in [4.69, 9.17) is 11.6 Å². The first-order valence-corrected chi connectivity index (χ1v) is 10.1. The molecule has 0 fully saturated rings. The van der Waals surface area contributed by atoms with Gasteiger partial charge < -0.3 is 0 Å². The van der Waals surface area contributed by atoms with Crippen molar-refractivity contribution in [3.63, 3.8) is 0 Å². The topological polar surface area (TPSA) is 12.9 Å². The largest absolute Gasteiger partial charge is 0.228 e. The van der Waals surface area contributed by atoms with Crippen molar-refractivity contribution in [1.82, 2.24) is 4.98 Å². The second-order valence-electron chi connectivity index (χ2n) is 5.91. The van der Waals surface area contributed by atoms with Crippen LogP contribution in [0.3, 0.4) is 0 Å². The standard InChI is InChI=1S/C16H27ClINS/c1-4-6-8-10-12-16(3,11-9-7-5-2)15-19-13(17)14(18)20-15/h4-12H2,1-3H3. The zero-order valence-corrected chi connectivity index (χ0v) is 16.7. The first-order chi connectivity index (χ1) is 9.53. The third-order valence-electron chi connectivity index (χ3n) is 3.98. The molecule has 1 heterocycles. The van der Waals surface area contributed by atoms with Crippen molar-refractivity contribution in [3.05, 3.63) is 13.0 Å². The average Bonchev–Trinajstić information content (AvgIpc) is 2.76. The number of aromatic nitrogens is 1. The molecule has 1 aromatic rings. The fourth-order valence-corrected chi connectivity index (χ4v) is 4.47. The summed E-state index contributed by atoms with van der Waals surface area (Å²) < 4.78 is 1.13. The van der Waals surface area contributed by atoms with Crippen LogP contribution in [0.4, 0.5) is 0 Å². The van der Waals surface area contributed by atoms with Crippen LogP contribution in [0.1, 0.15) is 83.6 Å². The van der Waals surface area contributed by atoms with Crippen LogP contribution in [0.25, 0.3) is 0 Å². The van der Waals surface area contributed by atoms with Crippen LogP contribution in [0, 0.1) is 2.88 Å². The van der Waals surface area contributed by atoms with Crippen LogP contribution >= 0.6 is 45.5 Å². The summed E-state index contributed by atoms with van der Waals surface area (Å²) in [6.45, 7) is 6.92. The van der Waals surface area contributed by atoms with E-state index in [-0.39, 0.29) is 5.41 Å². The van der Waals surface area contributed by atoms with Gasteiger partial charge in [0.25, 0.3) is 0 Å². The fraction of sp³-hybridized carbons (Fsp3) is 0.812. The van der Waals surface area contributed by atoms with Gasteiger partial charge in [-0.2, -0.15) is 0 Å². The Morgan fingerprint density at radius 3 is 2.10 bits per heavy atom. The first kappa shape index (κ1) is 18.7. The summed E-state index contributed by atoms with van der Waals surface area (Å²) in [5, 5.41) is 1.94. The Morgan fingerprint density at radius 1 is 1.05 bits per heavy atom. The molecule has 0 aliphatic rings. The molecule has 0 saturated carbocycles. The second-order valence-corrected chi connectivity index (χ2v) is 9.08. The lowest BCUT2D eigenvalue weighted by Crippen LogP contribution is -2.22. The average molecular weight is 428 g/mol. The Hall–Kier alpha value is 0.650. The maximum atomic E-state index is 6.17. The maximum Gasteiger partial charge on any atom is 0.153 e. The van der Waals surface area contributed by atoms with Gasteiger partial charge in [-0.25, -0.2) is 4.98 Å². The van der Waals surface area contributed by atoms with Gasteiger partial charge in [-0.05, 0) is 35.4 Å². The van der Waals surface area contributed by atoms with Crippen molar-refractivity contribution in [3.8, 4) is 0 Å². The maximum absolute atomic E-state index is 6.17. The van der Waals surface area contributed by atoms with E-state index >= 15 is 0 Å². The van der Waals surface area contributed by atoms with Gasteiger partial charge in [0.05, 0.1) is 0 Å². The molecule has 20 heavy (non-hydrogen) atoms. The minimum Gasteiger partial charge on any atom is -0.228 e. The summed E-state index contributed by atoms with van der Waals surface area (Å²) >= 11 is 10.3. The lowest BCUT2D eigenvalue weighted by molar-refractivity contribution is 0.364. The predicted molar refractivity (Wildman–Crippen MR) is 100 cm³/mol. The highest BCUT2D eigenvalue weighted by Crippen LogP contribution is 2.40. The van der Waals surface area contributed by atoms with Crippen LogP contribution in [-0.2, 0) is 5.41 Å². The molecule has 1 nitrogen and oxygen atoms in total. The molecule has 0 aliphatic carbocycles. The van der Waals surface area contributed by atoms with Gasteiger partial charge in [0, 0.05) is 5.41 Å². The third-order valence-corrected chi connectivity index (χ3v) is 7.00. The summed E-state index contributed by atoms with van der Waals surface area (Å²) in [6.07, 6.45) is 11.7. The van der Waals surface area contributed by atoms with E-state index in [1.54, 1.807) is 11.3 Å². The molecule has 1 atom stereocenters. The van der Waals surface area contributed by atoms with Crippen LogP contribution in [0.5, 0.6) is 0 Å². The third kappa shape index (κ3) is 5.80. The first-order valence-electron chi connectivity index (χ1n) is 7.85. The van der Waals surface area contributed by atoms with E-state index in [1.807, 2.05) is 0 Å². The van der Waals surface area contributed by atoms with Gasteiger partial charge in [-0.1, -0.05) is 77.3 Å². The molecule has 0 saturated heterocycles. The summed E-state index contributed by atoms with van der Waals surface area (Å²) in [4.78, 5) is 4.64. The molecule has 4 heteroatoms. The van der Waals surface area contributed by atoms with Crippen molar-refractivity contribution in [2.24, 2.45) is 0 Å². The van der Waals surface area contributed by atoms with Gasteiger partial charge in [0.2, 0.25) is 0 Å². The molecule has 0 radical (unpaired) electrons. The van der Waals surface area contributed by atoms with Gasteiger partial charge in [0.1, 0.15) is 7.89 Å². The number of hydrogen-bond acceptors (Lipinski definition) is 2. The number of hydrogen-bond donors (Lipinski definition) is 0.